The van der Waals surface area contributed by atoms with E-state index >= 15 is 0 Å². The van der Waals surface area contributed by atoms with Crippen molar-refractivity contribution in [2.75, 3.05) is 56.7 Å². The molecule has 19 nitrogen and oxygen atoms in total. The lowest BCUT2D eigenvalue weighted by Gasteiger charge is -2.49. The number of aromatic nitrogens is 6. The number of fused-ring (bicyclic) bond motifs is 1. The van der Waals surface area contributed by atoms with Gasteiger partial charge in [0.2, 0.25) is 23.3 Å². The molecule has 0 saturated carbocycles. The molecule has 2 unspecified atom stereocenters. The number of β-lactam (4-membered cyclic amide) rings is 1. The minimum atomic E-state index is -1.33. The molecule has 0 radical (unpaired) electrons. The molecule has 2 aromatic heterocycles. The molecule has 2 atom stereocenters. The van der Waals surface area contributed by atoms with Crippen LogP contribution >= 0.6 is 35.1 Å². The maximum absolute atomic E-state index is 13.1. The molecule has 0 aliphatic carbocycles. The number of nitrogens with zero attached hydrogens (tertiary/aromatic N) is 9. The van der Waals surface area contributed by atoms with E-state index in [1.165, 1.54) is 23.5 Å². The van der Waals surface area contributed by atoms with E-state index in [-0.39, 0.29) is 28.2 Å². The third kappa shape index (κ3) is 7.26. The number of morpholine rings is 1. The summed E-state index contributed by atoms with van der Waals surface area (Å²) in [5, 5.41) is 36.6. The molecule has 0 spiro atoms. The van der Waals surface area contributed by atoms with Gasteiger partial charge >= 0.3 is 11.9 Å². The Labute approximate surface area is 261 Å². The summed E-state index contributed by atoms with van der Waals surface area (Å²) in [5.74, 6) is -3.87. The van der Waals surface area contributed by atoms with Gasteiger partial charge < -0.3 is 30.8 Å². The van der Waals surface area contributed by atoms with Crippen LogP contribution in [0.25, 0.3) is 0 Å². The fourth-order valence-electron chi connectivity index (χ4n) is 4.53. The van der Waals surface area contributed by atoms with Crippen molar-refractivity contribution in [1.82, 2.24) is 44.7 Å². The number of nitrogen functional groups attached to an aromatic ring is 1. The average molecular weight is 670 g/mol. The van der Waals surface area contributed by atoms with E-state index in [2.05, 4.69) is 45.1 Å². The number of carbonyl (C=O) groups excluding carboxylic acids is 2. The average Bonchev–Trinajstić information content (AvgIpc) is 3.65. The number of carbonyl (C=O) groups is 4. The summed E-state index contributed by atoms with van der Waals surface area (Å²) in [4.78, 5) is 61.3. The van der Waals surface area contributed by atoms with Crippen molar-refractivity contribution >= 4 is 69.7 Å². The Bertz CT molecular complexity index is 1470. The van der Waals surface area contributed by atoms with E-state index in [1.54, 1.807) is 4.68 Å². The molecular weight excluding hydrogens is 643 g/mol. The van der Waals surface area contributed by atoms with Crippen molar-refractivity contribution in [1.29, 1.82) is 0 Å². The van der Waals surface area contributed by atoms with Crippen molar-refractivity contribution < 1.29 is 39.0 Å². The number of nitrogens with two attached hydrogens (primary N) is 1. The van der Waals surface area contributed by atoms with Crippen LogP contribution in [-0.4, -0.2) is 141 Å². The third-order valence-electron chi connectivity index (χ3n) is 6.57. The van der Waals surface area contributed by atoms with E-state index in [4.69, 9.17) is 15.6 Å². The molecule has 44 heavy (non-hydrogen) atoms. The van der Waals surface area contributed by atoms with Crippen molar-refractivity contribution in [3.63, 3.8) is 0 Å². The van der Waals surface area contributed by atoms with Crippen LogP contribution in [0.1, 0.15) is 12.2 Å². The molecule has 2 aromatic rings. The Kier molecular flexibility index (Phi) is 10.2. The highest BCUT2D eigenvalue weighted by Gasteiger charge is 2.54. The first kappa shape index (κ1) is 31.6. The van der Waals surface area contributed by atoms with Gasteiger partial charge in [-0.3, -0.25) is 19.4 Å². The third-order valence-corrected chi connectivity index (χ3v) is 9.50. The molecule has 22 heteroatoms. The van der Waals surface area contributed by atoms with Crippen LogP contribution in [0.2, 0.25) is 0 Å². The van der Waals surface area contributed by atoms with Crippen LogP contribution < -0.4 is 11.1 Å². The van der Waals surface area contributed by atoms with Crippen LogP contribution in [0, 0.1) is 0 Å². The number of ether oxygens (including phenoxy) is 1. The van der Waals surface area contributed by atoms with E-state index in [1.807, 2.05) is 0 Å². The summed E-state index contributed by atoms with van der Waals surface area (Å²) in [7, 11) is 0. The number of rotatable bonds is 14. The van der Waals surface area contributed by atoms with Crippen molar-refractivity contribution in [3.05, 3.63) is 17.1 Å². The molecule has 3 aliphatic heterocycles. The lowest BCUT2D eigenvalue weighted by atomic mass is 10.0. The predicted octanol–water partition coefficient (Wildman–Crippen LogP) is -1.83. The van der Waals surface area contributed by atoms with Crippen LogP contribution in [0.5, 0.6) is 0 Å². The second kappa shape index (κ2) is 14.3. The smallest absolute Gasteiger partial charge is 0.352 e. The number of tetrazole rings is 1. The Balaban J connectivity index is 1.22. The number of hydrogen-bond donors (Lipinski definition) is 4. The summed E-state index contributed by atoms with van der Waals surface area (Å²) in [6.07, 6.45) is 0.832. The van der Waals surface area contributed by atoms with Gasteiger partial charge in [0.1, 0.15) is 17.1 Å². The topological polar surface area (TPSA) is 253 Å². The largest absolute Gasteiger partial charge is 0.479 e. The number of carboxylic acids is 2. The molecule has 236 valence electrons. The fourth-order valence-corrected chi connectivity index (χ4v) is 7.35. The normalized spacial score (nSPS) is 20.7. The first-order chi connectivity index (χ1) is 21.2. The number of thioether (sulfide) groups is 2. The van der Waals surface area contributed by atoms with E-state index in [0.717, 1.165) is 55.7 Å². The van der Waals surface area contributed by atoms with E-state index < -0.39 is 47.5 Å². The standard InChI is InChI=1S/C22H27N11O8S3/c23-21-25-16(28-44-21)13(27-41-8-12(34)35)17(36)24-14-18(37)33-15(20(38)39)11(9-42-19(14)33)10-43-22-26-29-30-32(22)3-1-2-31-4-6-40-7-5-31/h14,19H,1-10H2,(H,24,36)(H,34,35)(H,38,39)(H2,23,25,28)/b27-13+. The predicted molar refractivity (Wildman–Crippen MR) is 155 cm³/mol. The maximum atomic E-state index is 13.1. The number of amides is 2. The summed E-state index contributed by atoms with van der Waals surface area (Å²) in [6.45, 7) is 3.85. The monoisotopic (exact) mass is 669 g/mol. The molecule has 5 rings (SSSR count). The number of hydrogen-bond acceptors (Lipinski definition) is 17. The second-order valence-corrected chi connectivity index (χ2v) is 12.3. The van der Waals surface area contributed by atoms with Gasteiger partial charge in [0, 0.05) is 49.2 Å². The molecule has 0 aromatic carbocycles. The summed E-state index contributed by atoms with van der Waals surface area (Å²) in [5.41, 5.74) is 5.46. The van der Waals surface area contributed by atoms with Crippen LogP contribution in [0.15, 0.2) is 21.6 Å². The molecule has 2 saturated heterocycles. The number of aryl methyl sites for hydroxylation is 1. The fraction of sp³-hybridized carbons (Fsp3) is 0.545. The SMILES string of the molecule is Nc1nc(/C(=N\OCC(=O)O)C(=O)NC2C(=O)N3C(C(=O)O)=C(CSc4nnnn4CCCN4CCOCC4)CSC23)ns1. The van der Waals surface area contributed by atoms with Crippen LogP contribution in [0.4, 0.5) is 5.13 Å². The molecule has 2 amide bonds. The number of nitrogens with one attached hydrogen (secondary N) is 1. The van der Waals surface area contributed by atoms with Crippen LogP contribution in [-0.2, 0) is 35.3 Å². The minimum Gasteiger partial charge on any atom is -0.479 e. The summed E-state index contributed by atoms with van der Waals surface area (Å²) >= 11 is 3.34. The van der Waals surface area contributed by atoms with Gasteiger partial charge in [-0.15, -0.1) is 16.9 Å². The van der Waals surface area contributed by atoms with E-state index in [0.29, 0.717) is 17.3 Å². The zero-order valence-electron chi connectivity index (χ0n) is 22.9. The first-order valence-electron chi connectivity index (χ1n) is 13.1. The van der Waals surface area contributed by atoms with Gasteiger partial charge in [-0.2, -0.15) is 9.36 Å². The Morgan fingerprint density at radius 1 is 1.23 bits per heavy atom. The van der Waals surface area contributed by atoms with Gasteiger partial charge in [-0.1, -0.05) is 16.9 Å². The molecular formula is C22H27N11O8S3. The number of carboxylic acid groups (broad SMARTS) is 2. The number of aliphatic carboxylic acids is 2. The summed E-state index contributed by atoms with van der Waals surface area (Å²) in [6, 6.07) is -1.09. The number of oxime groups is 1. The van der Waals surface area contributed by atoms with E-state index in [9.17, 15) is 24.3 Å². The Hall–Kier alpha value is -3.86. The summed E-state index contributed by atoms with van der Waals surface area (Å²) < 4.78 is 10.9. The number of anilines is 1. The zero-order valence-corrected chi connectivity index (χ0v) is 25.3. The lowest BCUT2D eigenvalue weighted by molar-refractivity contribution is -0.150. The van der Waals surface area contributed by atoms with Crippen molar-refractivity contribution in [3.8, 4) is 0 Å². The van der Waals surface area contributed by atoms with Crippen molar-refractivity contribution in [2.24, 2.45) is 5.16 Å². The first-order valence-corrected chi connectivity index (χ1v) is 15.9. The lowest BCUT2D eigenvalue weighted by Crippen LogP contribution is -2.71. The maximum Gasteiger partial charge on any atom is 0.352 e. The molecule has 5 N–H and O–H groups in total. The second-order valence-electron chi connectivity index (χ2n) is 9.46. The molecule has 3 aliphatic rings. The van der Waals surface area contributed by atoms with Gasteiger partial charge in [-0.05, 0) is 22.4 Å². The minimum absolute atomic E-state index is 0.0242. The van der Waals surface area contributed by atoms with Gasteiger partial charge in [0.05, 0.1) is 13.2 Å². The zero-order chi connectivity index (χ0) is 31.2. The van der Waals surface area contributed by atoms with Gasteiger partial charge in [0.25, 0.3) is 11.8 Å². The Morgan fingerprint density at radius 2 is 2.02 bits per heavy atom. The molecule has 2 fully saturated rings. The molecule has 5 heterocycles. The van der Waals surface area contributed by atoms with Gasteiger partial charge in [-0.25, -0.2) is 14.3 Å². The quantitative estimate of drug-likeness (QED) is 0.0746. The van der Waals surface area contributed by atoms with Crippen LogP contribution in [0.3, 0.4) is 0 Å². The molecule has 0 bridgehead atoms. The van der Waals surface area contributed by atoms with Crippen molar-refractivity contribution in [2.45, 2.75) is 29.5 Å². The highest BCUT2D eigenvalue weighted by molar-refractivity contribution is 8.01. The Morgan fingerprint density at radius 3 is 2.73 bits per heavy atom. The van der Waals surface area contributed by atoms with Gasteiger partial charge in [0.15, 0.2) is 5.13 Å². The highest BCUT2D eigenvalue weighted by Crippen LogP contribution is 2.41. The highest BCUT2D eigenvalue weighted by atomic mass is 32.2.